The number of hydrogen-bond acceptors (Lipinski definition) is 3. The van der Waals surface area contributed by atoms with Gasteiger partial charge in [-0.3, -0.25) is 9.69 Å². The van der Waals surface area contributed by atoms with Crippen molar-refractivity contribution in [2.75, 3.05) is 26.3 Å². The first kappa shape index (κ1) is 14.8. The standard InChI is InChI=1S/C15H27NO3/c1-3-16(8-12-6-4-11(2)5-7-12)14-10-19-9-13(14)15(17)18/h11-14H,3-10H2,1-2H3,(H,17,18). The van der Waals surface area contributed by atoms with Crippen molar-refractivity contribution in [3.8, 4) is 0 Å². The van der Waals surface area contributed by atoms with E-state index in [0.29, 0.717) is 13.2 Å². The SMILES string of the molecule is CCN(CC1CCC(C)CC1)C1COCC1C(=O)O. The summed E-state index contributed by atoms with van der Waals surface area (Å²) in [6, 6.07) is 0.0712. The van der Waals surface area contributed by atoms with Gasteiger partial charge >= 0.3 is 5.97 Å². The zero-order chi connectivity index (χ0) is 13.8. The summed E-state index contributed by atoms with van der Waals surface area (Å²) >= 11 is 0. The zero-order valence-corrected chi connectivity index (χ0v) is 12.2. The Kier molecular flexibility index (Phi) is 5.22. The summed E-state index contributed by atoms with van der Waals surface area (Å²) < 4.78 is 5.40. The van der Waals surface area contributed by atoms with E-state index in [1.165, 1.54) is 25.7 Å². The van der Waals surface area contributed by atoms with Crippen LogP contribution in [0.3, 0.4) is 0 Å². The molecule has 2 aliphatic rings. The van der Waals surface area contributed by atoms with Crippen molar-refractivity contribution in [3.63, 3.8) is 0 Å². The summed E-state index contributed by atoms with van der Waals surface area (Å²) in [6.45, 7) is 7.37. The van der Waals surface area contributed by atoms with Crippen molar-refractivity contribution in [2.45, 2.75) is 45.6 Å². The third-order valence-electron chi connectivity index (χ3n) is 4.87. The van der Waals surface area contributed by atoms with Gasteiger partial charge in [-0.05, 0) is 31.2 Å². The average molecular weight is 269 g/mol. The number of hydrogen-bond donors (Lipinski definition) is 1. The third kappa shape index (κ3) is 3.69. The Bertz CT molecular complexity index is 300. The maximum atomic E-state index is 11.3. The molecule has 1 aliphatic carbocycles. The highest BCUT2D eigenvalue weighted by Crippen LogP contribution is 2.30. The molecule has 0 radical (unpaired) electrons. The molecule has 19 heavy (non-hydrogen) atoms. The Morgan fingerprint density at radius 1 is 1.26 bits per heavy atom. The fourth-order valence-corrected chi connectivity index (χ4v) is 3.48. The lowest BCUT2D eigenvalue weighted by molar-refractivity contribution is -0.143. The molecule has 0 aromatic heterocycles. The lowest BCUT2D eigenvalue weighted by Crippen LogP contribution is -2.45. The fraction of sp³-hybridized carbons (Fsp3) is 0.933. The Morgan fingerprint density at radius 3 is 2.53 bits per heavy atom. The molecule has 4 heteroatoms. The molecule has 4 nitrogen and oxygen atoms in total. The number of nitrogens with zero attached hydrogens (tertiary/aromatic N) is 1. The molecular formula is C15H27NO3. The van der Waals surface area contributed by atoms with Crippen molar-refractivity contribution in [2.24, 2.45) is 17.8 Å². The minimum atomic E-state index is -0.710. The first-order valence-electron chi connectivity index (χ1n) is 7.66. The predicted octanol–water partition coefficient (Wildman–Crippen LogP) is 2.23. The molecule has 0 spiro atoms. The van der Waals surface area contributed by atoms with Crippen LogP contribution >= 0.6 is 0 Å². The van der Waals surface area contributed by atoms with E-state index >= 15 is 0 Å². The van der Waals surface area contributed by atoms with Crippen LogP contribution < -0.4 is 0 Å². The van der Waals surface area contributed by atoms with Crippen LogP contribution in [-0.4, -0.2) is 48.3 Å². The Morgan fingerprint density at radius 2 is 1.95 bits per heavy atom. The van der Waals surface area contributed by atoms with E-state index in [1.807, 2.05) is 0 Å². The summed E-state index contributed by atoms with van der Waals surface area (Å²) in [6.07, 6.45) is 5.24. The predicted molar refractivity (Wildman–Crippen MR) is 74.1 cm³/mol. The molecule has 1 aliphatic heterocycles. The van der Waals surface area contributed by atoms with Gasteiger partial charge < -0.3 is 9.84 Å². The van der Waals surface area contributed by atoms with E-state index < -0.39 is 5.97 Å². The van der Waals surface area contributed by atoms with Crippen LogP contribution in [0.1, 0.15) is 39.5 Å². The maximum Gasteiger partial charge on any atom is 0.310 e. The molecule has 2 unspecified atom stereocenters. The molecule has 2 fully saturated rings. The molecule has 1 saturated carbocycles. The third-order valence-corrected chi connectivity index (χ3v) is 4.87. The van der Waals surface area contributed by atoms with Crippen LogP contribution in [0.4, 0.5) is 0 Å². The quantitative estimate of drug-likeness (QED) is 0.831. The van der Waals surface area contributed by atoms with Gasteiger partial charge in [0.1, 0.15) is 0 Å². The smallest absolute Gasteiger partial charge is 0.310 e. The number of ether oxygens (including phenoxy) is 1. The highest BCUT2D eigenvalue weighted by molar-refractivity contribution is 5.71. The Hall–Kier alpha value is -0.610. The number of carboxylic acid groups (broad SMARTS) is 1. The molecule has 0 aromatic carbocycles. The summed E-state index contributed by atoms with van der Waals surface area (Å²) in [5.41, 5.74) is 0. The average Bonchev–Trinajstić information content (AvgIpc) is 2.87. The van der Waals surface area contributed by atoms with E-state index in [4.69, 9.17) is 4.74 Å². The van der Waals surface area contributed by atoms with Gasteiger partial charge in [0.25, 0.3) is 0 Å². The van der Waals surface area contributed by atoms with Crippen LogP contribution in [0.25, 0.3) is 0 Å². The van der Waals surface area contributed by atoms with Crippen molar-refractivity contribution >= 4 is 5.97 Å². The molecular weight excluding hydrogens is 242 g/mol. The molecule has 0 amide bonds. The first-order chi connectivity index (χ1) is 9.11. The number of likely N-dealkylation sites (N-methyl/N-ethyl adjacent to an activating group) is 1. The second-order valence-electron chi connectivity index (χ2n) is 6.26. The van der Waals surface area contributed by atoms with Crippen molar-refractivity contribution in [3.05, 3.63) is 0 Å². The monoisotopic (exact) mass is 269 g/mol. The number of carbonyl (C=O) groups is 1. The molecule has 2 rings (SSSR count). The summed E-state index contributed by atoms with van der Waals surface area (Å²) in [5, 5.41) is 9.26. The van der Waals surface area contributed by atoms with Crippen molar-refractivity contribution in [1.82, 2.24) is 4.90 Å². The van der Waals surface area contributed by atoms with E-state index in [-0.39, 0.29) is 12.0 Å². The lowest BCUT2D eigenvalue weighted by Gasteiger charge is -2.35. The molecule has 2 atom stereocenters. The first-order valence-corrected chi connectivity index (χ1v) is 7.66. The molecule has 1 N–H and O–H groups in total. The lowest BCUT2D eigenvalue weighted by atomic mass is 9.82. The fourth-order valence-electron chi connectivity index (χ4n) is 3.48. The van der Waals surface area contributed by atoms with Crippen molar-refractivity contribution in [1.29, 1.82) is 0 Å². The van der Waals surface area contributed by atoms with Crippen LogP contribution in [0.15, 0.2) is 0 Å². The topological polar surface area (TPSA) is 49.8 Å². The second-order valence-corrected chi connectivity index (χ2v) is 6.26. The van der Waals surface area contributed by atoms with Gasteiger partial charge in [0.05, 0.1) is 19.1 Å². The molecule has 1 saturated heterocycles. The highest BCUT2D eigenvalue weighted by Gasteiger charge is 2.38. The molecule has 110 valence electrons. The number of aliphatic carboxylic acids is 1. The van der Waals surface area contributed by atoms with E-state index in [9.17, 15) is 9.90 Å². The number of rotatable bonds is 5. The van der Waals surface area contributed by atoms with Gasteiger partial charge in [-0.25, -0.2) is 0 Å². The zero-order valence-electron chi connectivity index (χ0n) is 12.2. The van der Waals surface area contributed by atoms with Crippen LogP contribution in [0, 0.1) is 17.8 Å². The summed E-state index contributed by atoms with van der Waals surface area (Å²) in [5.74, 6) is 0.555. The molecule has 0 bridgehead atoms. The summed E-state index contributed by atoms with van der Waals surface area (Å²) in [4.78, 5) is 13.6. The normalized spacial score (nSPS) is 35.7. The van der Waals surface area contributed by atoms with Gasteiger partial charge in [-0.1, -0.05) is 26.7 Å². The van der Waals surface area contributed by atoms with Crippen LogP contribution in [-0.2, 0) is 9.53 Å². The van der Waals surface area contributed by atoms with Gasteiger partial charge in [-0.2, -0.15) is 0 Å². The van der Waals surface area contributed by atoms with E-state index in [1.54, 1.807) is 0 Å². The minimum absolute atomic E-state index is 0.0712. The van der Waals surface area contributed by atoms with Crippen LogP contribution in [0.5, 0.6) is 0 Å². The maximum absolute atomic E-state index is 11.3. The van der Waals surface area contributed by atoms with Gasteiger partial charge in [-0.15, -0.1) is 0 Å². The highest BCUT2D eigenvalue weighted by atomic mass is 16.5. The van der Waals surface area contributed by atoms with Crippen molar-refractivity contribution < 1.29 is 14.6 Å². The van der Waals surface area contributed by atoms with Crippen LogP contribution in [0.2, 0.25) is 0 Å². The molecule has 1 heterocycles. The van der Waals surface area contributed by atoms with Gasteiger partial charge in [0.15, 0.2) is 0 Å². The Labute approximate surface area is 116 Å². The van der Waals surface area contributed by atoms with E-state index in [2.05, 4.69) is 18.7 Å². The molecule has 0 aromatic rings. The minimum Gasteiger partial charge on any atom is -0.481 e. The van der Waals surface area contributed by atoms with E-state index in [0.717, 1.165) is 24.9 Å². The Balaban J connectivity index is 1.90. The largest absolute Gasteiger partial charge is 0.481 e. The number of carboxylic acids is 1. The summed E-state index contributed by atoms with van der Waals surface area (Å²) in [7, 11) is 0. The van der Waals surface area contributed by atoms with Gasteiger partial charge in [0.2, 0.25) is 0 Å². The second kappa shape index (κ2) is 6.71. The van der Waals surface area contributed by atoms with Gasteiger partial charge in [0, 0.05) is 12.6 Å².